The van der Waals surface area contributed by atoms with Gasteiger partial charge in [-0.05, 0) is 53.8 Å². The van der Waals surface area contributed by atoms with E-state index in [4.69, 9.17) is 9.47 Å². The summed E-state index contributed by atoms with van der Waals surface area (Å²) in [6.07, 6.45) is 6.95. The number of carbonyl (C=O) groups is 1. The first-order valence-corrected chi connectivity index (χ1v) is 12.7. The van der Waals surface area contributed by atoms with Crippen LogP contribution in [0.4, 0.5) is 0 Å². The van der Waals surface area contributed by atoms with Crippen LogP contribution in [0.1, 0.15) is 35.1 Å². The van der Waals surface area contributed by atoms with Gasteiger partial charge in [-0.25, -0.2) is 0 Å². The molecule has 1 aliphatic rings. The molecule has 6 heteroatoms. The molecule has 0 aliphatic heterocycles. The van der Waals surface area contributed by atoms with Crippen molar-refractivity contribution in [2.24, 2.45) is 0 Å². The Labute approximate surface area is 223 Å². The van der Waals surface area contributed by atoms with Gasteiger partial charge in [-0.3, -0.25) is 9.89 Å². The lowest BCUT2D eigenvalue weighted by molar-refractivity contribution is -0.122. The summed E-state index contributed by atoms with van der Waals surface area (Å²) in [7, 11) is 1.67. The SMILES string of the molecule is COc1ccc(C2CC(c3ccccc3)C=C2C=CNC(=O)COc2n[nH]c(C)c2-c2ccccc2)cc1. The fraction of sp³-hybridized carbons (Fsp3) is 0.188. The summed E-state index contributed by atoms with van der Waals surface area (Å²) in [5, 5.41) is 10.0. The van der Waals surface area contributed by atoms with Gasteiger partial charge in [-0.2, -0.15) is 0 Å². The molecule has 0 fully saturated rings. The number of ether oxygens (including phenoxy) is 2. The number of nitrogens with zero attached hydrogens (tertiary/aromatic N) is 1. The van der Waals surface area contributed by atoms with Gasteiger partial charge in [0.1, 0.15) is 5.75 Å². The van der Waals surface area contributed by atoms with Gasteiger partial charge in [0.25, 0.3) is 5.91 Å². The molecule has 2 N–H and O–H groups in total. The zero-order valence-electron chi connectivity index (χ0n) is 21.6. The molecule has 6 nitrogen and oxygen atoms in total. The third kappa shape index (κ3) is 5.70. The summed E-state index contributed by atoms with van der Waals surface area (Å²) in [5.41, 5.74) is 6.41. The Morgan fingerprint density at radius 1 is 1.00 bits per heavy atom. The van der Waals surface area contributed by atoms with Crippen LogP contribution in [-0.2, 0) is 4.79 Å². The minimum Gasteiger partial charge on any atom is -0.497 e. The fourth-order valence-electron chi connectivity index (χ4n) is 4.94. The van der Waals surface area contributed by atoms with Crippen molar-refractivity contribution in [3.63, 3.8) is 0 Å². The molecular weight excluding hydrogens is 474 g/mol. The van der Waals surface area contributed by atoms with E-state index < -0.39 is 0 Å². The average Bonchev–Trinajstić information content (AvgIpc) is 3.56. The maximum Gasteiger partial charge on any atom is 0.261 e. The van der Waals surface area contributed by atoms with Crippen molar-refractivity contribution in [2.75, 3.05) is 13.7 Å². The van der Waals surface area contributed by atoms with Gasteiger partial charge in [0, 0.05) is 23.7 Å². The molecule has 0 spiro atoms. The number of carbonyl (C=O) groups excluding carboxylic acids is 1. The minimum absolute atomic E-state index is 0.137. The molecule has 5 rings (SSSR count). The standard InChI is InChI=1S/C32H31N3O3/c1-22-31(25-11-7-4-8-12-25)32(35-34-22)38-21-30(36)33-18-17-26-19-27(23-9-5-3-6-10-23)20-29(26)24-13-15-28(37-2)16-14-24/h3-19,27,29H,20-21H2,1-2H3,(H,33,36)(H,34,35). The lowest BCUT2D eigenvalue weighted by Gasteiger charge is -2.15. The first kappa shape index (κ1) is 25.1. The van der Waals surface area contributed by atoms with E-state index in [1.54, 1.807) is 13.3 Å². The summed E-state index contributed by atoms with van der Waals surface area (Å²) < 4.78 is 11.1. The van der Waals surface area contributed by atoms with Crippen LogP contribution in [0.15, 0.2) is 109 Å². The quantitative estimate of drug-likeness (QED) is 0.280. The molecule has 2 atom stereocenters. The summed E-state index contributed by atoms with van der Waals surface area (Å²) in [6, 6.07) is 28.6. The number of allylic oxidation sites excluding steroid dienone is 3. The molecule has 4 aromatic rings. The van der Waals surface area contributed by atoms with Crippen molar-refractivity contribution >= 4 is 5.91 Å². The normalized spacial score (nSPS) is 16.8. The molecule has 2 unspecified atom stereocenters. The Morgan fingerprint density at radius 2 is 1.71 bits per heavy atom. The molecule has 38 heavy (non-hydrogen) atoms. The van der Waals surface area contributed by atoms with Crippen LogP contribution in [-0.4, -0.2) is 29.8 Å². The highest BCUT2D eigenvalue weighted by Crippen LogP contribution is 2.43. The van der Waals surface area contributed by atoms with E-state index in [0.29, 0.717) is 11.8 Å². The van der Waals surface area contributed by atoms with Crippen LogP contribution in [0, 0.1) is 6.92 Å². The average molecular weight is 506 g/mol. The van der Waals surface area contributed by atoms with E-state index in [1.807, 2.05) is 61.5 Å². The smallest absolute Gasteiger partial charge is 0.261 e. The van der Waals surface area contributed by atoms with Gasteiger partial charge in [-0.15, -0.1) is 5.10 Å². The molecule has 1 aromatic heterocycles. The van der Waals surface area contributed by atoms with Crippen LogP contribution in [0.25, 0.3) is 11.1 Å². The number of nitrogens with one attached hydrogen (secondary N) is 2. The zero-order chi connectivity index (χ0) is 26.3. The molecule has 192 valence electrons. The number of aromatic amines is 1. The van der Waals surface area contributed by atoms with Gasteiger partial charge in [-0.1, -0.05) is 78.9 Å². The van der Waals surface area contributed by atoms with Gasteiger partial charge < -0.3 is 14.8 Å². The Bertz CT molecular complexity index is 1420. The maximum absolute atomic E-state index is 12.6. The lowest BCUT2D eigenvalue weighted by atomic mass is 9.89. The number of aryl methyl sites for hydroxylation is 1. The van der Waals surface area contributed by atoms with E-state index in [-0.39, 0.29) is 18.4 Å². The highest BCUT2D eigenvalue weighted by molar-refractivity contribution is 5.79. The Balaban J connectivity index is 1.26. The third-order valence-electron chi connectivity index (χ3n) is 6.87. The molecule has 1 amide bonds. The second-order valence-electron chi connectivity index (χ2n) is 9.33. The minimum atomic E-state index is -0.250. The van der Waals surface area contributed by atoms with Crippen molar-refractivity contribution in [1.29, 1.82) is 0 Å². The zero-order valence-corrected chi connectivity index (χ0v) is 21.6. The summed E-state index contributed by atoms with van der Waals surface area (Å²) in [4.78, 5) is 12.6. The first-order valence-electron chi connectivity index (χ1n) is 12.7. The molecule has 1 heterocycles. The highest BCUT2D eigenvalue weighted by Gasteiger charge is 2.27. The number of amides is 1. The number of benzene rings is 3. The van der Waals surface area contributed by atoms with E-state index in [0.717, 1.165) is 29.0 Å². The Morgan fingerprint density at radius 3 is 2.42 bits per heavy atom. The molecule has 0 saturated carbocycles. The molecule has 1 aliphatic carbocycles. The molecule has 3 aromatic carbocycles. The number of hydrogen-bond acceptors (Lipinski definition) is 4. The predicted molar refractivity (Wildman–Crippen MR) is 149 cm³/mol. The third-order valence-corrected chi connectivity index (χ3v) is 6.87. The van der Waals surface area contributed by atoms with Crippen LogP contribution in [0.5, 0.6) is 11.6 Å². The molecular formula is C32H31N3O3. The van der Waals surface area contributed by atoms with E-state index in [1.165, 1.54) is 16.7 Å². The van der Waals surface area contributed by atoms with Crippen molar-refractivity contribution in [3.05, 3.63) is 126 Å². The summed E-state index contributed by atoms with van der Waals surface area (Å²) in [5.74, 6) is 1.52. The predicted octanol–water partition coefficient (Wildman–Crippen LogP) is 6.30. The number of hydrogen-bond donors (Lipinski definition) is 2. The lowest BCUT2D eigenvalue weighted by Crippen LogP contribution is -2.24. The molecule has 0 saturated heterocycles. The monoisotopic (exact) mass is 505 g/mol. The van der Waals surface area contributed by atoms with Crippen LogP contribution < -0.4 is 14.8 Å². The first-order chi connectivity index (χ1) is 18.6. The van der Waals surface area contributed by atoms with Crippen molar-refractivity contribution in [3.8, 4) is 22.8 Å². The second-order valence-corrected chi connectivity index (χ2v) is 9.33. The number of aromatic nitrogens is 2. The van der Waals surface area contributed by atoms with Crippen molar-refractivity contribution in [2.45, 2.75) is 25.2 Å². The molecule has 0 radical (unpaired) electrons. The van der Waals surface area contributed by atoms with Crippen LogP contribution in [0.2, 0.25) is 0 Å². The fourth-order valence-corrected chi connectivity index (χ4v) is 4.94. The van der Waals surface area contributed by atoms with Crippen molar-refractivity contribution < 1.29 is 14.3 Å². The largest absolute Gasteiger partial charge is 0.497 e. The van der Waals surface area contributed by atoms with E-state index >= 15 is 0 Å². The number of H-pyrrole nitrogens is 1. The van der Waals surface area contributed by atoms with E-state index in [2.05, 4.69) is 58.0 Å². The Kier molecular flexibility index (Phi) is 7.69. The van der Waals surface area contributed by atoms with Crippen LogP contribution in [0.3, 0.4) is 0 Å². The Hall–Kier alpha value is -4.58. The van der Waals surface area contributed by atoms with Gasteiger partial charge in [0.15, 0.2) is 6.61 Å². The summed E-state index contributed by atoms with van der Waals surface area (Å²) >= 11 is 0. The maximum atomic E-state index is 12.6. The summed E-state index contributed by atoms with van der Waals surface area (Å²) in [6.45, 7) is 1.80. The topological polar surface area (TPSA) is 76.2 Å². The second kappa shape index (κ2) is 11.6. The number of rotatable bonds is 9. The van der Waals surface area contributed by atoms with E-state index in [9.17, 15) is 4.79 Å². The molecule has 0 bridgehead atoms. The van der Waals surface area contributed by atoms with Gasteiger partial charge in [0.2, 0.25) is 5.88 Å². The highest BCUT2D eigenvalue weighted by atomic mass is 16.5. The van der Waals surface area contributed by atoms with Gasteiger partial charge >= 0.3 is 0 Å². The number of methoxy groups -OCH3 is 1. The van der Waals surface area contributed by atoms with Gasteiger partial charge in [0.05, 0.1) is 12.7 Å². The van der Waals surface area contributed by atoms with Crippen LogP contribution >= 0.6 is 0 Å². The van der Waals surface area contributed by atoms with Crippen molar-refractivity contribution in [1.82, 2.24) is 15.5 Å².